The van der Waals surface area contributed by atoms with Crippen molar-refractivity contribution in [3.05, 3.63) is 17.5 Å². The minimum atomic E-state index is -0.851. The van der Waals surface area contributed by atoms with Gasteiger partial charge in [0, 0.05) is 19.2 Å². The second kappa shape index (κ2) is 4.57. The average Bonchev–Trinajstić information content (AvgIpc) is 2.75. The second-order valence-electron chi connectivity index (χ2n) is 4.26. The van der Waals surface area contributed by atoms with Gasteiger partial charge in [0.25, 0.3) is 5.91 Å². The van der Waals surface area contributed by atoms with E-state index in [2.05, 4.69) is 5.16 Å². The van der Waals surface area contributed by atoms with Gasteiger partial charge in [0.2, 0.25) is 5.76 Å². The Morgan fingerprint density at radius 2 is 2.35 bits per heavy atom. The molecular formula is C11H14N2O4. The van der Waals surface area contributed by atoms with Gasteiger partial charge in [-0.05, 0) is 19.8 Å². The first-order chi connectivity index (χ1) is 8.08. The summed E-state index contributed by atoms with van der Waals surface area (Å²) >= 11 is 0. The number of aliphatic carboxylic acids is 1. The van der Waals surface area contributed by atoms with Crippen LogP contribution in [0.5, 0.6) is 0 Å². The van der Waals surface area contributed by atoms with Gasteiger partial charge in [-0.15, -0.1) is 0 Å². The van der Waals surface area contributed by atoms with Crippen LogP contribution in [0.25, 0.3) is 0 Å². The van der Waals surface area contributed by atoms with Crippen LogP contribution in [0.2, 0.25) is 0 Å². The summed E-state index contributed by atoms with van der Waals surface area (Å²) in [4.78, 5) is 24.4. The molecular weight excluding hydrogens is 224 g/mol. The maximum absolute atomic E-state index is 12.0. The molecule has 0 saturated carbocycles. The highest BCUT2D eigenvalue weighted by Crippen LogP contribution is 2.19. The van der Waals surface area contributed by atoms with Crippen molar-refractivity contribution in [2.24, 2.45) is 5.92 Å². The Bertz CT molecular complexity index is 440. The Morgan fingerprint density at radius 1 is 1.59 bits per heavy atom. The molecule has 1 aromatic heterocycles. The van der Waals surface area contributed by atoms with Crippen LogP contribution in [0, 0.1) is 12.8 Å². The summed E-state index contributed by atoms with van der Waals surface area (Å²) < 4.78 is 4.89. The van der Waals surface area contributed by atoms with Gasteiger partial charge in [0.1, 0.15) is 0 Å². The highest BCUT2D eigenvalue weighted by atomic mass is 16.5. The molecule has 92 valence electrons. The van der Waals surface area contributed by atoms with Crippen LogP contribution in [0.15, 0.2) is 10.6 Å². The van der Waals surface area contributed by atoms with Crippen LogP contribution < -0.4 is 0 Å². The Labute approximate surface area is 98.2 Å². The van der Waals surface area contributed by atoms with E-state index in [-0.39, 0.29) is 18.2 Å². The zero-order chi connectivity index (χ0) is 12.4. The summed E-state index contributed by atoms with van der Waals surface area (Å²) in [6.45, 7) is 2.55. The van der Waals surface area contributed by atoms with E-state index in [9.17, 15) is 9.59 Å². The Kier molecular flexibility index (Phi) is 3.12. The third kappa shape index (κ3) is 2.46. The number of carbonyl (C=O) groups is 2. The van der Waals surface area contributed by atoms with Crippen LogP contribution >= 0.6 is 0 Å². The molecule has 2 rings (SSSR count). The minimum Gasteiger partial charge on any atom is -0.481 e. The van der Waals surface area contributed by atoms with Gasteiger partial charge >= 0.3 is 5.97 Å². The molecule has 1 atom stereocenters. The topological polar surface area (TPSA) is 83.6 Å². The largest absolute Gasteiger partial charge is 0.481 e. The Morgan fingerprint density at radius 3 is 2.94 bits per heavy atom. The number of carboxylic acid groups (broad SMARTS) is 1. The molecule has 1 fully saturated rings. The molecule has 1 aliphatic heterocycles. The molecule has 2 heterocycles. The fraction of sp³-hybridized carbons (Fsp3) is 0.545. The van der Waals surface area contributed by atoms with E-state index < -0.39 is 11.9 Å². The van der Waals surface area contributed by atoms with Crippen molar-refractivity contribution in [3.8, 4) is 0 Å². The van der Waals surface area contributed by atoms with Crippen molar-refractivity contribution >= 4 is 11.9 Å². The summed E-state index contributed by atoms with van der Waals surface area (Å²) in [5.41, 5.74) is 0.639. The van der Waals surface area contributed by atoms with E-state index in [0.29, 0.717) is 25.1 Å². The lowest BCUT2D eigenvalue weighted by atomic mass is 9.98. The molecule has 0 radical (unpaired) electrons. The summed E-state index contributed by atoms with van der Waals surface area (Å²) in [6.07, 6.45) is 1.32. The molecule has 1 N–H and O–H groups in total. The lowest BCUT2D eigenvalue weighted by Crippen LogP contribution is -2.42. The van der Waals surface area contributed by atoms with Crippen LogP contribution in [0.4, 0.5) is 0 Å². The van der Waals surface area contributed by atoms with Gasteiger partial charge in [0.05, 0.1) is 11.6 Å². The van der Waals surface area contributed by atoms with Gasteiger partial charge in [-0.1, -0.05) is 5.16 Å². The number of carboxylic acids is 1. The quantitative estimate of drug-likeness (QED) is 0.828. The molecule has 0 aliphatic carbocycles. The van der Waals surface area contributed by atoms with E-state index in [0.717, 1.165) is 0 Å². The smallest absolute Gasteiger partial charge is 0.308 e. The number of aromatic nitrogens is 1. The minimum absolute atomic E-state index is 0.175. The van der Waals surface area contributed by atoms with E-state index in [1.165, 1.54) is 4.90 Å². The van der Waals surface area contributed by atoms with E-state index in [4.69, 9.17) is 9.63 Å². The maximum atomic E-state index is 12.0. The molecule has 1 unspecified atom stereocenters. The van der Waals surface area contributed by atoms with Crippen LogP contribution in [0.1, 0.15) is 29.1 Å². The van der Waals surface area contributed by atoms with Crippen LogP contribution in [-0.2, 0) is 4.79 Å². The van der Waals surface area contributed by atoms with Crippen molar-refractivity contribution in [3.63, 3.8) is 0 Å². The number of hydrogen-bond acceptors (Lipinski definition) is 4. The predicted octanol–water partition coefficient (Wildman–Crippen LogP) is 0.920. The SMILES string of the molecule is Cc1cc(C(=O)N2CCCC(C(=O)O)C2)on1. The fourth-order valence-electron chi connectivity index (χ4n) is 1.98. The molecule has 1 aliphatic rings. The number of likely N-dealkylation sites (tertiary alicyclic amines) is 1. The number of nitrogens with zero attached hydrogens (tertiary/aromatic N) is 2. The summed E-state index contributed by atoms with van der Waals surface area (Å²) in [5.74, 6) is -1.43. The van der Waals surface area contributed by atoms with Crippen molar-refractivity contribution in [2.45, 2.75) is 19.8 Å². The molecule has 17 heavy (non-hydrogen) atoms. The van der Waals surface area contributed by atoms with Crippen molar-refractivity contribution in [1.29, 1.82) is 0 Å². The number of rotatable bonds is 2. The van der Waals surface area contributed by atoms with Crippen molar-refractivity contribution in [2.75, 3.05) is 13.1 Å². The monoisotopic (exact) mass is 238 g/mol. The van der Waals surface area contributed by atoms with Gasteiger partial charge < -0.3 is 14.5 Å². The van der Waals surface area contributed by atoms with Crippen LogP contribution in [-0.4, -0.2) is 40.1 Å². The highest BCUT2D eigenvalue weighted by molar-refractivity contribution is 5.91. The zero-order valence-electron chi connectivity index (χ0n) is 9.55. The Balaban J connectivity index is 2.07. The fourth-order valence-corrected chi connectivity index (χ4v) is 1.98. The standard InChI is InChI=1S/C11H14N2O4/c1-7-5-9(17-12-7)10(14)13-4-2-3-8(6-13)11(15)16/h5,8H,2-4,6H2,1H3,(H,15,16). The average molecular weight is 238 g/mol. The Hall–Kier alpha value is -1.85. The summed E-state index contributed by atoms with van der Waals surface area (Å²) in [5, 5.41) is 12.6. The normalized spacial score (nSPS) is 20.3. The molecule has 1 amide bonds. The van der Waals surface area contributed by atoms with Gasteiger partial charge in [-0.25, -0.2) is 0 Å². The lowest BCUT2D eigenvalue weighted by Gasteiger charge is -2.29. The molecule has 6 nitrogen and oxygen atoms in total. The summed E-state index contributed by atoms with van der Waals surface area (Å²) in [6, 6.07) is 1.56. The lowest BCUT2D eigenvalue weighted by molar-refractivity contribution is -0.143. The molecule has 0 aromatic carbocycles. The van der Waals surface area contributed by atoms with E-state index in [1.807, 2.05) is 0 Å². The number of piperidine rings is 1. The highest BCUT2D eigenvalue weighted by Gasteiger charge is 2.30. The summed E-state index contributed by atoms with van der Waals surface area (Å²) in [7, 11) is 0. The van der Waals surface area contributed by atoms with Crippen LogP contribution in [0.3, 0.4) is 0 Å². The molecule has 0 bridgehead atoms. The van der Waals surface area contributed by atoms with Gasteiger partial charge in [-0.2, -0.15) is 0 Å². The number of aryl methyl sites for hydroxylation is 1. The van der Waals surface area contributed by atoms with Gasteiger partial charge in [0.15, 0.2) is 0 Å². The first-order valence-corrected chi connectivity index (χ1v) is 5.53. The number of hydrogen-bond donors (Lipinski definition) is 1. The van der Waals surface area contributed by atoms with E-state index in [1.54, 1.807) is 13.0 Å². The number of carbonyl (C=O) groups excluding carboxylic acids is 1. The molecule has 6 heteroatoms. The van der Waals surface area contributed by atoms with E-state index >= 15 is 0 Å². The van der Waals surface area contributed by atoms with Crippen molar-refractivity contribution in [1.82, 2.24) is 10.1 Å². The van der Waals surface area contributed by atoms with Gasteiger partial charge in [-0.3, -0.25) is 9.59 Å². The first-order valence-electron chi connectivity index (χ1n) is 5.53. The second-order valence-corrected chi connectivity index (χ2v) is 4.26. The maximum Gasteiger partial charge on any atom is 0.308 e. The third-order valence-corrected chi connectivity index (χ3v) is 2.90. The third-order valence-electron chi connectivity index (χ3n) is 2.90. The first kappa shape index (κ1) is 11.6. The molecule has 1 aromatic rings. The number of amides is 1. The van der Waals surface area contributed by atoms with Crippen molar-refractivity contribution < 1.29 is 19.2 Å². The molecule has 0 spiro atoms. The zero-order valence-corrected chi connectivity index (χ0v) is 9.55. The predicted molar refractivity (Wildman–Crippen MR) is 57.5 cm³/mol. The molecule has 1 saturated heterocycles.